The molecule has 0 aliphatic carbocycles. The molecule has 0 aliphatic rings. The average Bonchev–Trinajstić information content (AvgIpc) is 3.00. The Labute approximate surface area is 121 Å². The Kier molecular flexibility index (Phi) is 5.84. The standard InChI is InChI=1S/C17H24N2O/c1-3-19(14-16-10-7-13-20-16)12-11-17(18-2)15-8-5-4-6-9-15/h4-10,13,17-18H,3,11-12,14H2,1-2H3. The molecule has 0 aliphatic heterocycles. The Morgan fingerprint density at radius 2 is 1.95 bits per heavy atom. The molecule has 1 N–H and O–H groups in total. The minimum atomic E-state index is 0.404. The summed E-state index contributed by atoms with van der Waals surface area (Å²) >= 11 is 0. The maximum absolute atomic E-state index is 5.43. The topological polar surface area (TPSA) is 28.4 Å². The second-order valence-corrected chi connectivity index (χ2v) is 4.99. The van der Waals surface area contributed by atoms with E-state index in [4.69, 9.17) is 4.42 Å². The van der Waals surface area contributed by atoms with Crippen LogP contribution in [0, 0.1) is 0 Å². The van der Waals surface area contributed by atoms with Crippen LogP contribution < -0.4 is 5.32 Å². The molecule has 1 heterocycles. The number of nitrogens with zero attached hydrogens (tertiary/aromatic N) is 1. The van der Waals surface area contributed by atoms with Crippen LogP contribution in [0.4, 0.5) is 0 Å². The number of benzene rings is 1. The van der Waals surface area contributed by atoms with E-state index in [1.165, 1.54) is 5.56 Å². The van der Waals surface area contributed by atoms with Crippen LogP contribution in [0.25, 0.3) is 0 Å². The smallest absolute Gasteiger partial charge is 0.117 e. The van der Waals surface area contributed by atoms with Crippen LogP contribution in [-0.4, -0.2) is 25.0 Å². The van der Waals surface area contributed by atoms with Gasteiger partial charge in [0.2, 0.25) is 0 Å². The lowest BCUT2D eigenvalue weighted by Crippen LogP contribution is -2.28. The Bertz CT molecular complexity index is 467. The molecule has 0 saturated heterocycles. The molecule has 3 nitrogen and oxygen atoms in total. The van der Waals surface area contributed by atoms with Gasteiger partial charge in [-0.05, 0) is 37.7 Å². The molecule has 1 atom stereocenters. The maximum Gasteiger partial charge on any atom is 0.117 e. The molecule has 1 aromatic heterocycles. The zero-order valence-electron chi connectivity index (χ0n) is 12.4. The van der Waals surface area contributed by atoms with Gasteiger partial charge in [0.1, 0.15) is 5.76 Å². The minimum Gasteiger partial charge on any atom is -0.468 e. The second kappa shape index (κ2) is 7.88. The van der Waals surface area contributed by atoms with E-state index in [-0.39, 0.29) is 0 Å². The van der Waals surface area contributed by atoms with Crippen LogP contribution in [0.1, 0.15) is 30.7 Å². The van der Waals surface area contributed by atoms with Crippen molar-refractivity contribution in [3.05, 3.63) is 60.1 Å². The van der Waals surface area contributed by atoms with Gasteiger partial charge in [0.05, 0.1) is 12.8 Å². The minimum absolute atomic E-state index is 0.404. The molecule has 20 heavy (non-hydrogen) atoms. The van der Waals surface area contributed by atoms with Crippen LogP contribution in [0.3, 0.4) is 0 Å². The molecular formula is C17H24N2O. The van der Waals surface area contributed by atoms with E-state index in [9.17, 15) is 0 Å². The lowest BCUT2D eigenvalue weighted by atomic mass is 10.0. The predicted octanol–water partition coefficient (Wildman–Crippen LogP) is 3.45. The Morgan fingerprint density at radius 3 is 2.55 bits per heavy atom. The number of hydrogen-bond acceptors (Lipinski definition) is 3. The molecule has 0 saturated carbocycles. The lowest BCUT2D eigenvalue weighted by Gasteiger charge is -2.23. The van der Waals surface area contributed by atoms with Gasteiger partial charge in [-0.15, -0.1) is 0 Å². The van der Waals surface area contributed by atoms with Gasteiger partial charge >= 0.3 is 0 Å². The summed E-state index contributed by atoms with van der Waals surface area (Å²) in [5.74, 6) is 1.03. The molecule has 0 amide bonds. The van der Waals surface area contributed by atoms with Crippen molar-refractivity contribution in [1.29, 1.82) is 0 Å². The summed E-state index contributed by atoms with van der Waals surface area (Å²) in [5, 5.41) is 3.41. The maximum atomic E-state index is 5.43. The van der Waals surface area contributed by atoms with E-state index in [2.05, 4.69) is 47.5 Å². The van der Waals surface area contributed by atoms with E-state index >= 15 is 0 Å². The molecule has 1 unspecified atom stereocenters. The monoisotopic (exact) mass is 272 g/mol. The van der Waals surface area contributed by atoms with Crippen LogP contribution in [0.2, 0.25) is 0 Å². The van der Waals surface area contributed by atoms with Crippen molar-refractivity contribution in [2.45, 2.75) is 25.9 Å². The van der Waals surface area contributed by atoms with E-state index in [0.717, 1.165) is 31.8 Å². The van der Waals surface area contributed by atoms with E-state index in [0.29, 0.717) is 6.04 Å². The largest absolute Gasteiger partial charge is 0.468 e. The van der Waals surface area contributed by atoms with Gasteiger partial charge in [0.25, 0.3) is 0 Å². The van der Waals surface area contributed by atoms with Crippen molar-refractivity contribution in [3.63, 3.8) is 0 Å². The fraction of sp³-hybridized carbons (Fsp3) is 0.412. The highest BCUT2D eigenvalue weighted by atomic mass is 16.3. The summed E-state index contributed by atoms with van der Waals surface area (Å²) in [6.07, 6.45) is 2.83. The predicted molar refractivity (Wildman–Crippen MR) is 82.5 cm³/mol. The van der Waals surface area contributed by atoms with Gasteiger partial charge in [-0.3, -0.25) is 4.90 Å². The first-order valence-electron chi connectivity index (χ1n) is 7.30. The second-order valence-electron chi connectivity index (χ2n) is 4.99. The van der Waals surface area contributed by atoms with Gasteiger partial charge in [-0.25, -0.2) is 0 Å². The molecule has 0 radical (unpaired) electrons. The fourth-order valence-electron chi connectivity index (χ4n) is 2.45. The van der Waals surface area contributed by atoms with Crippen LogP contribution in [-0.2, 0) is 6.54 Å². The zero-order chi connectivity index (χ0) is 14.2. The summed E-state index contributed by atoms with van der Waals surface area (Å²) in [6, 6.07) is 15.0. The molecule has 0 bridgehead atoms. The summed E-state index contributed by atoms with van der Waals surface area (Å²) in [4.78, 5) is 2.41. The highest BCUT2D eigenvalue weighted by Crippen LogP contribution is 2.17. The van der Waals surface area contributed by atoms with Crippen molar-refractivity contribution in [2.75, 3.05) is 20.1 Å². The summed E-state index contributed by atoms with van der Waals surface area (Å²) in [6.45, 7) is 5.16. The fourth-order valence-corrected chi connectivity index (χ4v) is 2.45. The van der Waals surface area contributed by atoms with Gasteiger partial charge < -0.3 is 9.73 Å². The van der Waals surface area contributed by atoms with Crippen molar-refractivity contribution in [3.8, 4) is 0 Å². The Balaban J connectivity index is 1.88. The Morgan fingerprint density at radius 1 is 1.15 bits per heavy atom. The Hall–Kier alpha value is -1.58. The van der Waals surface area contributed by atoms with Gasteiger partial charge in [-0.1, -0.05) is 37.3 Å². The third kappa shape index (κ3) is 4.22. The summed E-state index contributed by atoms with van der Waals surface area (Å²) < 4.78 is 5.43. The quantitative estimate of drug-likeness (QED) is 0.798. The molecule has 0 fully saturated rings. The molecular weight excluding hydrogens is 248 g/mol. The number of nitrogens with one attached hydrogen (secondary N) is 1. The summed E-state index contributed by atoms with van der Waals surface area (Å²) in [5.41, 5.74) is 1.35. The molecule has 0 spiro atoms. The van der Waals surface area contributed by atoms with E-state index in [1.807, 2.05) is 19.2 Å². The van der Waals surface area contributed by atoms with E-state index in [1.54, 1.807) is 6.26 Å². The highest BCUT2D eigenvalue weighted by molar-refractivity contribution is 5.18. The highest BCUT2D eigenvalue weighted by Gasteiger charge is 2.12. The number of rotatable bonds is 8. The third-order valence-corrected chi connectivity index (χ3v) is 3.69. The number of hydrogen-bond donors (Lipinski definition) is 1. The first kappa shape index (κ1) is 14.8. The normalized spacial score (nSPS) is 12.8. The molecule has 2 rings (SSSR count). The summed E-state index contributed by atoms with van der Waals surface area (Å²) in [7, 11) is 2.03. The van der Waals surface area contributed by atoms with Crippen molar-refractivity contribution < 1.29 is 4.42 Å². The SMILES string of the molecule is CCN(CCC(NC)c1ccccc1)Cc1ccco1. The lowest BCUT2D eigenvalue weighted by molar-refractivity contribution is 0.242. The molecule has 3 heteroatoms. The third-order valence-electron chi connectivity index (χ3n) is 3.69. The first-order valence-corrected chi connectivity index (χ1v) is 7.30. The van der Waals surface area contributed by atoms with Gasteiger partial charge in [0, 0.05) is 12.6 Å². The zero-order valence-corrected chi connectivity index (χ0v) is 12.4. The van der Waals surface area contributed by atoms with Crippen LogP contribution in [0.15, 0.2) is 53.1 Å². The van der Waals surface area contributed by atoms with Gasteiger partial charge in [0.15, 0.2) is 0 Å². The molecule has 1 aromatic carbocycles. The number of furan rings is 1. The van der Waals surface area contributed by atoms with Crippen LogP contribution in [0.5, 0.6) is 0 Å². The van der Waals surface area contributed by atoms with Crippen molar-refractivity contribution >= 4 is 0 Å². The molecule has 2 aromatic rings. The van der Waals surface area contributed by atoms with Crippen molar-refractivity contribution in [2.24, 2.45) is 0 Å². The molecule has 108 valence electrons. The van der Waals surface area contributed by atoms with Crippen molar-refractivity contribution in [1.82, 2.24) is 10.2 Å². The first-order chi connectivity index (χ1) is 9.83. The van der Waals surface area contributed by atoms with Crippen LogP contribution >= 0.6 is 0 Å². The van der Waals surface area contributed by atoms with E-state index < -0.39 is 0 Å². The average molecular weight is 272 g/mol. The van der Waals surface area contributed by atoms with Gasteiger partial charge in [-0.2, -0.15) is 0 Å².